The predicted octanol–water partition coefficient (Wildman–Crippen LogP) is 10.6. The van der Waals surface area contributed by atoms with Crippen LogP contribution in [0.2, 0.25) is 0 Å². The monoisotopic (exact) mass is 764 g/mol. The van der Waals surface area contributed by atoms with E-state index in [1.54, 1.807) is 0 Å². The van der Waals surface area contributed by atoms with Crippen LogP contribution in [-0.2, 0) is 0 Å². The smallest absolute Gasteiger partial charge is 0.242 e. The molecule has 0 saturated heterocycles. The van der Waals surface area contributed by atoms with Crippen LogP contribution in [0.25, 0.3) is 45.4 Å². The number of rotatable bonds is 12. The van der Waals surface area contributed by atoms with Crippen molar-refractivity contribution in [2.45, 2.75) is 0 Å². The van der Waals surface area contributed by atoms with Gasteiger partial charge in [-0.25, -0.2) is 0 Å². The average Bonchev–Trinajstić information content (AvgIpc) is 3.33. The molecule has 4 heteroatoms. The van der Waals surface area contributed by atoms with Crippen molar-refractivity contribution in [3.05, 3.63) is 265 Å². The minimum absolute atomic E-state index is 0.0507. The third-order valence-electron chi connectivity index (χ3n) is 11.1. The lowest BCUT2D eigenvalue weighted by Gasteiger charge is -2.19. The van der Waals surface area contributed by atoms with Crippen molar-refractivity contribution >= 4 is 58.4 Å². The van der Waals surface area contributed by atoms with Gasteiger partial charge in [0.2, 0.25) is 13.4 Å². The molecule has 2 heterocycles. The zero-order valence-electron chi connectivity index (χ0n) is 33.3. The average molecular weight is 765 g/mol. The van der Waals surface area contributed by atoms with Crippen LogP contribution in [-0.4, -0.2) is 23.4 Å². The lowest BCUT2D eigenvalue weighted by molar-refractivity contribution is 1.29. The van der Waals surface area contributed by atoms with Crippen molar-refractivity contribution in [1.82, 2.24) is 9.97 Å². The maximum Gasteiger partial charge on any atom is 0.242 e. The first-order chi connectivity index (χ1) is 29.8. The summed E-state index contributed by atoms with van der Waals surface area (Å²) in [4.78, 5) is 9.97. The summed E-state index contributed by atoms with van der Waals surface area (Å²) in [6.07, 6.45) is 8.44. The van der Waals surface area contributed by atoms with Gasteiger partial charge < -0.3 is 0 Å². The summed E-state index contributed by atoms with van der Waals surface area (Å²) in [6, 6.07) is 81.5. The van der Waals surface area contributed by atoms with E-state index in [0.29, 0.717) is 0 Å². The Hall–Kier alpha value is -7.55. The van der Waals surface area contributed by atoms with Gasteiger partial charge in [-0.2, -0.15) is 0 Å². The standard InChI is InChI=1S/C56H42B2N2/c1-7-19-45(20-8-1)55(57(49-23-11-3-12-24-49)50-25-13-4-14-26-50)39-53-37-35-47(41-59-53)43-31-33-44(34-32-43)48-36-38-54(60-42-48)40-56(46-21-9-2-10-22-46)58(51-27-15-5-16-28-51)52-29-17-6-18-30-52/h1-42H/b55-39+,56-40+. The highest BCUT2D eigenvalue weighted by Crippen LogP contribution is 2.27. The van der Waals surface area contributed by atoms with E-state index < -0.39 is 0 Å². The lowest BCUT2D eigenvalue weighted by Crippen LogP contribution is -2.43. The van der Waals surface area contributed by atoms with E-state index >= 15 is 0 Å². The molecule has 60 heavy (non-hydrogen) atoms. The van der Waals surface area contributed by atoms with Crippen LogP contribution in [0.5, 0.6) is 0 Å². The molecule has 282 valence electrons. The van der Waals surface area contributed by atoms with Crippen LogP contribution in [0.15, 0.2) is 243 Å². The van der Waals surface area contributed by atoms with Crippen molar-refractivity contribution in [3.63, 3.8) is 0 Å². The van der Waals surface area contributed by atoms with Crippen molar-refractivity contribution in [3.8, 4) is 22.3 Å². The van der Waals surface area contributed by atoms with Gasteiger partial charge in [0.25, 0.3) is 0 Å². The van der Waals surface area contributed by atoms with Gasteiger partial charge in [0.15, 0.2) is 0 Å². The summed E-state index contributed by atoms with van der Waals surface area (Å²) in [5.74, 6) is 0. The molecule has 0 bridgehead atoms. The predicted molar refractivity (Wildman–Crippen MR) is 257 cm³/mol. The molecule has 0 spiro atoms. The van der Waals surface area contributed by atoms with E-state index in [0.717, 1.165) is 33.6 Å². The fraction of sp³-hybridized carbons (Fsp3) is 0. The number of aromatic nitrogens is 2. The van der Waals surface area contributed by atoms with Crippen LogP contribution in [0.1, 0.15) is 22.5 Å². The molecule has 0 atom stereocenters. The Balaban J connectivity index is 0.984. The van der Waals surface area contributed by atoms with Crippen molar-refractivity contribution in [2.75, 3.05) is 0 Å². The Morgan fingerprint density at radius 2 is 0.550 bits per heavy atom. The summed E-state index contributed by atoms with van der Waals surface area (Å²) >= 11 is 0. The molecule has 0 unspecified atom stereocenters. The van der Waals surface area contributed by atoms with Gasteiger partial charge in [0.05, 0.1) is 11.4 Å². The second-order valence-electron chi connectivity index (χ2n) is 15.0. The van der Waals surface area contributed by atoms with Gasteiger partial charge in [0.1, 0.15) is 0 Å². The molecule has 0 saturated carbocycles. The highest BCUT2D eigenvalue weighted by molar-refractivity contribution is 7.01. The normalized spacial score (nSPS) is 11.5. The highest BCUT2D eigenvalue weighted by atomic mass is 14.7. The van der Waals surface area contributed by atoms with E-state index in [9.17, 15) is 0 Å². The first-order valence-corrected chi connectivity index (χ1v) is 20.5. The molecule has 0 fully saturated rings. The second kappa shape index (κ2) is 18.4. The third kappa shape index (κ3) is 8.79. The van der Waals surface area contributed by atoms with Crippen molar-refractivity contribution < 1.29 is 0 Å². The molecule has 2 nitrogen and oxygen atoms in total. The zero-order chi connectivity index (χ0) is 40.4. The van der Waals surface area contributed by atoms with Gasteiger partial charge in [-0.1, -0.05) is 251 Å². The molecule has 9 aromatic rings. The number of pyridine rings is 2. The number of hydrogen-bond acceptors (Lipinski definition) is 2. The topological polar surface area (TPSA) is 25.8 Å². The van der Waals surface area contributed by atoms with Crippen LogP contribution in [0, 0.1) is 0 Å². The van der Waals surface area contributed by atoms with Gasteiger partial charge in [0, 0.05) is 23.5 Å². The molecule has 0 amide bonds. The summed E-state index contributed by atoms with van der Waals surface area (Å²) < 4.78 is 0. The molecule has 0 N–H and O–H groups in total. The zero-order valence-corrected chi connectivity index (χ0v) is 33.3. The number of benzene rings is 7. The van der Waals surface area contributed by atoms with E-state index in [1.807, 2.05) is 12.4 Å². The van der Waals surface area contributed by atoms with E-state index in [2.05, 4.69) is 243 Å². The Bertz CT molecular complexity index is 2520. The quantitative estimate of drug-likeness (QED) is 0.116. The van der Waals surface area contributed by atoms with Gasteiger partial charge in [-0.05, 0) is 46.5 Å². The molecule has 9 rings (SSSR count). The molecular formula is C56H42B2N2. The number of hydrogen-bond donors (Lipinski definition) is 0. The fourth-order valence-corrected chi connectivity index (χ4v) is 8.11. The fourth-order valence-electron chi connectivity index (χ4n) is 8.11. The summed E-state index contributed by atoms with van der Waals surface area (Å²) in [6.45, 7) is 0.101. The van der Waals surface area contributed by atoms with E-state index in [-0.39, 0.29) is 13.4 Å². The second-order valence-corrected chi connectivity index (χ2v) is 15.0. The van der Waals surface area contributed by atoms with Crippen LogP contribution < -0.4 is 21.9 Å². The molecule has 2 aromatic heterocycles. The van der Waals surface area contributed by atoms with E-state index in [4.69, 9.17) is 9.97 Å². The van der Waals surface area contributed by atoms with Crippen LogP contribution >= 0.6 is 0 Å². The van der Waals surface area contributed by atoms with Gasteiger partial charge in [-0.3, -0.25) is 9.97 Å². The lowest BCUT2D eigenvalue weighted by atomic mass is 9.35. The largest absolute Gasteiger partial charge is 0.256 e. The Kier molecular flexibility index (Phi) is 11.6. The molecule has 0 aliphatic carbocycles. The van der Waals surface area contributed by atoms with Gasteiger partial charge >= 0.3 is 0 Å². The first kappa shape index (κ1) is 38.0. The van der Waals surface area contributed by atoms with Crippen LogP contribution in [0.4, 0.5) is 0 Å². The van der Waals surface area contributed by atoms with Gasteiger partial charge in [-0.15, -0.1) is 0 Å². The molecular weight excluding hydrogens is 722 g/mol. The Morgan fingerprint density at radius 3 is 0.817 bits per heavy atom. The minimum Gasteiger partial charge on any atom is -0.256 e. The summed E-state index contributed by atoms with van der Waals surface area (Å²) in [5.41, 5.74) is 15.9. The highest BCUT2D eigenvalue weighted by Gasteiger charge is 2.26. The van der Waals surface area contributed by atoms with Crippen molar-refractivity contribution in [2.24, 2.45) is 0 Å². The Morgan fingerprint density at radius 1 is 0.283 bits per heavy atom. The molecule has 0 radical (unpaired) electrons. The maximum absolute atomic E-state index is 4.98. The third-order valence-corrected chi connectivity index (χ3v) is 11.1. The molecule has 0 aliphatic rings. The summed E-state index contributed by atoms with van der Waals surface area (Å²) in [7, 11) is 0. The first-order valence-electron chi connectivity index (χ1n) is 20.5. The maximum atomic E-state index is 4.98. The minimum atomic E-state index is 0.0507. The summed E-state index contributed by atoms with van der Waals surface area (Å²) in [5, 5.41) is 0. The van der Waals surface area contributed by atoms with Crippen molar-refractivity contribution in [1.29, 1.82) is 0 Å². The molecule has 7 aromatic carbocycles. The number of nitrogens with zero attached hydrogens (tertiary/aromatic N) is 2. The Labute approximate surface area is 354 Å². The van der Waals surface area contributed by atoms with Crippen LogP contribution in [0.3, 0.4) is 0 Å². The van der Waals surface area contributed by atoms with E-state index in [1.165, 1.54) is 43.9 Å². The molecule has 0 aliphatic heterocycles. The SMILES string of the molecule is C(=C(\B(c1ccccc1)c1ccccc1)c1ccccc1)/c1ccc(-c2ccc(-c3ccc(/C=C(/B(c4ccccc4)c4ccccc4)c4ccccc4)nc3)cc2)cn1.